The first-order valence-corrected chi connectivity index (χ1v) is 7.93. The maximum atomic E-state index is 12.6. The van der Waals surface area contributed by atoms with Crippen molar-refractivity contribution in [3.05, 3.63) is 0 Å². The molecular weight excluding hydrogens is 254 g/mol. The highest BCUT2D eigenvalue weighted by Crippen LogP contribution is 2.37. The predicted molar refractivity (Wildman–Crippen MR) is 77.1 cm³/mol. The second-order valence-electron chi connectivity index (χ2n) is 6.79. The van der Waals surface area contributed by atoms with Crippen LogP contribution in [0.3, 0.4) is 0 Å². The molecule has 1 amide bonds. The first-order chi connectivity index (χ1) is 9.45. The predicted octanol–water partition coefficient (Wildman–Crippen LogP) is 2.76. The van der Waals surface area contributed by atoms with Crippen molar-refractivity contribution in [2.45, 2.75) is 65.3 Å². The van der Waals surface area contributed by atoms with E-state index in [-0.39, 0.29) is 17.8 Å². The molecule has 2 aliphatic rings. The molecule has 2 fully saturated rings. The van der Waals surface area contributed by atoms with E-state index >= 15 is 0 Å². The number of hydrogen-bond acceptors (Lipinski definition) is 3. The Balaban J connectivity index is 2.12. The van der Waals surface area contributed by atoms with Crippen LogP contribution in [0.15, 0.2) is 0 Å². The zero-order valence-corrected chi connectivity index (χ0v) is 13.0. The molecule has 0 aromatic rings. The summed E-state index contributed by atoms with van der Waals surface area (Å²) < 4.78 is 5.17. The van der Waals surface area contributed by atoms with Crippen LogP contribution in [0.5, 0.6) is 0 Å². The Hall–Kier alpha value is -1.06. The number of hydrogen-bond donors (Lipinski definition) is 0. The monoisotopic (exact) mass is 281 g/mol. The smallest absolute Gasteiger partial charge is 0.310 e. The van der Waals surface area contributed by atoms with Crippen molar-refractivity contribution in [2.75, 3.05) is 13.2 Å². The fourth-order valence-corrected chi connectivity index (χ4v) is 3.60. The average Bonchev–Trinajstić information content (AvgIpc) is 2.43. The minimum Gasteiger partial charge on any atom is -0.466 e. The number of nitrogens with zero attached hydrogens (tertiary/aromatic N) is 1. The van der Waals surface area contributed by atoms with Gasteiger partial charge in [0.25, 0.3) is 0 Å². The van der Waals surface area contributed by atoms with Gasteiger partial charge in [-0.25, -0.2) is 0 Å². The summed E-state index contributed by atoms with van der Waals surface area (Å²) in [6, 6.07) is 0.327. The largest absolute Gasteiger partial charge is 0.466 e. The van der Waals surface area contributed by atoms with Crippen molar-refractivity contribution in [2.24, 2.45) is 11.3 Å². The van der Waals surface area contributed by atoms with Gasteiger partial charge in [-0.05, 0) is 26.2 Å². The van der Waals surface area contributed by atoms with Crippen LogP contribution in [0, 0.1) is 11.3 Å². The van der Waals surface area contributed by atoms with E-state index in [4.69, 9.17) is 4.74 Å². The standard InChI is InChI=1S/C16H27NO3/c1-4-20-14(18)12-10-16(2,3)15(19)17(11-12)13-8-6-5-7-9-13/h12-13H,4-11H2,1-3H3. The lowest BCUT2D eigenvalue weighted by Gasteiger charge is -2.45. The van der Waals surface area contributed by atoms with Gasteiger partial charge in [0.2, 0.25) is 5.91 Å². The normalized spacial score (nSPS) is 27.4. The molecule has 1 heterocycles. The van der Waals surface area contributed by atoms with Crippen molar-refractivity contribution >= 4 is 11.9 Å². The van der Waals surface area contributed by atoms with Crippen LogP contribution in [-0.2, 0) is 14.3 Å². The van der Waals surface area contributed by atoms with Crippen LogP contribution < -0.4 is 0 Å². The van der Waals surface area contributed by atoms with Crippen molar-refractivity contribution < 1.29 is 14.3 Å². The maximum absolute atomic E-state index is 12.6. The van der Waals surface area contributed by atoms with E-state index in [2.05, 4.69) is 0 Å². The summed E-state index contributed by atoms with van der Waals surface area (Å²) >= 11 is 0. The van der Waals surface area contributed by atoms with Crippen molar-refractivity contribution in [1.82, 2.24) is 4.90 Å². The van der Waals surface area contributed by atoms with E-state index in [0.29, 0.717) is 25.6 Å². The lowest BCUT2D eigenvalue weighted by molar-refractivity contribution is -0.161. The fourth-order valence-electron chi connectivity index (χ4n) is 3.60. The SMILES string of the molecule is CCOC(=O)C1CN(C2CCCCC2)C(=O)C(C)(C)C1. The summed E-state index contributed by atoms with van der Waals surface area (Å²) in [6.07, 6.45) is 6.42. The van der Waals surface area contributed by atoms with Gasteiger partial charge in [-0.3, -0.25) is 9.59 Å². The van der Waals surface area contributed by atoms with Crippen molar-refractivity contribution in [3.63, 3.8) is 0 Å². The second-order valence-corrected chi connectivity index (χ2v) is 6.79. The number of amides is 1. The summed E-state index contributed by atoms with van der Waals surface area (Å²) in [6.45, 7) is 6.70. The topological polar surface area (TPSA) is 46.6 Å². The first-order valence-electron chi connectivity index (χ1n) is 7.93. The molecule has 20 heavy (non-hydrogen) atoms. The summed E-state index contributed by atoms with van der Waals surface area (Å²) in [5.41, 5.74) is -0.451. The molecule has 1 atom stereocenters. The highest BCUT2D eigenvalue weighted by molar-refractivity contribution is 5.86. The van der Waals surface area contributed by atoms with Gasteiger partial charge in [0.1, 0.15) is 0 Å². The number of piperidine rings is 1. The van der Waals surface area contributed by atoms with Crippen LogP contribution in [0.4, 0.5) is 0 Å². The van der Waals surface area contributed by atoms with Gasteiger partial charge in [-0.1, -0.05) is 33.1 Å². The molecule has 4 heteroatoms. The molecule has 2 rings (SSSR count). The van der Waals surface area contributed by atoms with E-state index in [1.807, 2.05) is 25.7 Å². The molecular formula is C16H27NO3. The Labute approximate surface area is 121 Å². The number of esters is 1. The van der Waals surface area contributed by atoms with E-state index in [0.717, 1.165) is 12.8 Å². The lowest BCUT2D eigenvalue weighted by atomic mass is 9.76. The second kappa shape index (κ2) is 6.15. The molecule has 1 aliphatic heterocycles. The van der Waals surface area contributed by atoms with Gasteiger partial charge < -0.3 is 9.64 Å². The van der Waals surface area contributed by atoms with E-state index in [9.17, 15) is 9.59 Å². The Morgan fingerprint density at radius 3 is 2.55 bits per heavy atom. The number of carbonyl (C=O) groups is 2. The van der Waals surface area contributed by atoms with Gasteiger partial charge in [-0.2, -0.15) is 0 Å². The van der Waals surface area contributed by atoms with E-state index in [1.165, 1.54) is 19.3 Å². The third-order valence-electron chi connectivity index (χ3n) is 4.65. The summed E-state index contributed by atoms with van der Waals surface area (Å²) in [5, 5.41) is 0. The Bertz CT molecular complexity index is 372. The number of ether oxygens (including phenoxy) is 1. The van der Waals surface area contributed by atoms with Crippen LogP contribution in [-0.4, -0.2) is 36.0 Å². The van der Waals surface area contributed by atoms with Gasteiger partial charge >= 0.3 is 5.97 Å². The minimum atomic E-state index is -0.451. The molecule has 0 aromatic carbocycles. The van der Waals surface area contributed by atoms with Gasteiger partial charge in [0, 0.05) is 18.0 Å². The summed E-state index contributed by atoms with van der Waals surface area (Å²) in [4.78, 5) is 26.7. The Morgan fingerprint density at radius 2 is 1.95 bits per heavy atom. The molecule has 1 saturated carbocycles. The van der Waals surface area contributed by atoms with Crippen LogP contribution >= 0.6 is 0 Å². The zero-order chi connectivity index (χ0) is 14.8. The lowest BCUT2D eigenvalue weighted by Crippen LogP contribution is -2.55. The molecule has 0 radical (unpaired) electrons. The molecule has 1 unspecified atom stereocenters. The molecule has 1 aliphatic carbocycles. The molecule has 4 nitrogen and oxygen atoms in total. The molecule has 0 N–H and O–H groups in total. The highest BCUT2D eigenvalue weighted by atomic mass is 16.5. The number of likely N-dealkylation sites (tertiary alicyclic amines) is 1. The van der Waals surface area contributed by atoms with E-state index < -0.39 is 5.41 Å². The zero-order valence-electron chi connectivity index (χ0n) is 13.0. The third-order valence-corrected chi connectivity index (χ3v) is 4.65. The van der Waals surface area contributed by atoms with E-state index in [1.54, 1.807) is 0 Å². The molecule has 114 valence electrons. The average molecular weight is 281 g/mol. The molecule has 0 spiro atoms. The fraction of sp³-hybridized carbons (Fsp3) is 0.875. The Kier molecular flexibility index (Phi) is 4.71. The molecule has 0 bridgehead atoms. The van der Waals surface area contributed by atoms with Crippen molar-refractivity contribution in [3.8, 4) is 0 Å². The van der Waals surface area contributed by atoms with Gasteiger partial charge in [0.05, 0.1) is 12.5 Å². The van der Waals surface area contributed by atoms with Crippen LogP contribution in [0.25, 0.3) is 0 Å². The maximum Gasteiger partial charge on any atom is 0.310 e. The van der Waals surface area contributed by atoms with Crippen molar-refractivity contribution in [1.29, 1.82) is 0 Å². The summed E-state index contributed by atoms with van der Waals surface area (Å²) in [7, 11) is 0. The minimum absolute atomic E-state index is 0.145. The number of carbonyl (C=O) groups excluding carboxylic acids is 2. The van der Waals surface area contributed by atoms with Gasteiger partial charge in [-0.15, -0.1) is 0 Å². The molecule has 0 aromatic heterocycles. The van der Waals surface area contributed by atoms with Crippen LogP contribution in [0.1, 0.15) is 59.3 Å². The van der Waals surface area contributed by atoms with Crippen LogP contribution in [0.2, 0.25) is 0 Å². The third kappa shape index (κ3) is 3.15. The molecule has 1 saturated heterocycles. The Morgan fingerprint density at radius 1 is 1.30 bits per heavy atom. The number of rotatable bonds is 3. The van der Waals surface area contributed by atoms with Gasteiger partial charge in [0.15, 0.2) is 0 Å². The first kappa shape index (κ1) is 15.3. The summed E-state index contributed by atoms with van der Waals surface area (Å²) in [5.74, 6) is -0.0941. The quantitative estimate of drug-likeness (QED) is 0.747. The highest BCUT2D eigenvalue weighted by Gasteiger charge is 2.45.